The number of hydrogen-bond acceptors (Lipinski definition) is 7. The molecular formula is C23H28N8O2. The number of imidazole rings is 1. The molecule has 0 aliphatic carbocycles. The molecule has 10 nitrogen and oxygen atoms in total. The standard InChI is InChI=1S/C23H28N8O2/c1-7-30-18-19(27-21(30)28(5)13-23(3,4)24)29(6)22(33)31(20(18)32)12-17-25-14(2)15-10-8-9-11-16(15)26-17/h7-11H,1,12-13,24H2,2-6H3. The lowest BCUT2D eigenvalue weighted by atomic mass is 10.1. The highest BCUT2D eigenvalue weighted by molar-refractivity contribution is 5.80. The van der Waals surface area contributed by atoms with Gasteiger partial charge < -0.3 is 10.6 Å². The molecule has 0 saturated carbocycles. The Morgan fingerprint density at radius 3 is 2.55 bits per heavy atom. The summed E-state index contributed by atoms with van der Waals surface area (Å²) in [5.74, 6) is 0.859. The fourth-order valence-electron chi connectivity index (χ4n) is 4.10. The van der Waals surface area contributed by atoms with Gasteiger partial charge in [-0.2, -0.15) is 4.98 Å². The van der Waals surface area contributed by atoms with E-state index in [2.05, 4.69) is 21.5 Å². The Labute approximate surface area is 190 Å². The highest BCUT2D eigenvalue weighted by Gasteiger charge is 2.24. The van der Waals surface area contributed by atoms with E-state index in [0.29, 0.717) is 18.3 Å². The average Bonchev–Trinajstić information content (AvgIpc) is 3.14. The van der Waals surface area contributed by atoms with Crippen LogP contribution in [0.4, 0.5) is 5.95 Å². The van der Waals surface area contributed by atoms with Gasteiger partial charge in [0.05, 0.1) is 12.1 Å². The van der Waals surface area contributed by atoms with E-state index in [9.17, 15) is 9.59 Å². The first-order valence-corrected chi connectivity index (χ1v) is 10.6. The van der Waals surface area contributed by atoms with Crippen LogP contribution in [0.2, 0.25) is 0 Å². The van der Waals surface area contributed by atoms with Crippen LogP contribution >= 0.6 is 0 Å². The van der Waals surface area contributed by atoms with E-state index < -0.39 is 16.8 Å². The average molecular weight is 449 g/mol. The lowest BCUT2D eigenvalue weighted by Gasteiger charge is -2.27. The highest BCUT2D eigenvalue weighted by Crippen LogP contribution is 2.20. The molecule has 4 aromatic rings. The van der Waals surface area contributed by atoms with Gasteiger partial charge in [0.2, 0.25) is 5.95 Å². The second-order valence-corrected chi connectivity index (χ2v) is 8.96. The van der Waals surface area contributed by atoms with Crippen molar-refractivity contribution in [3.63, 3.8) is 0 Å². The quantitative estimate of drug-likeness (QED) is 0.475. The van der Waals surface area contributed by atoms with Gasteiger partial charge in [-0.3, -0.25) is 18.5 Å². The molecule has 10 heteroatoms. The Bertz CT molecular complexity index is 1500. The molecule has 0 atom stereocenters. The largest absolute Gasteiger partial charge is 0.343 e. The van der Waals surface area contributed by atoms with Gasteiger partial charge >= 0.3 is 5.69 Å². The summed E-state index contributed by atoms with van der Waals surface area (Å²) < 4.78 is 4.08. The SMILES string of the molecule is C=Cn1c(N(C)CC(C)(C)N)nc2c1c(=O)n(Cc1nc(C)c3ccccc3n1)c(=O)n2C. The summed E-state index contributed by atoms with van der Waals surface area (Å²) >= 11 is 0. The fraction of sp³-hybridized carbons (Fsp3) is 0.348. The first kappa shape index (κ1) is 22.4. The summed E-state index contributed by atoms with van der Waals surface area (Å²) in [5.41, 5.74) is 6.76. The van der Waals surface area contributed by atoms with Crippen LogP contribution in [0.3, 0.4) is 0 Å². The topological polar surface area (TPSA) is 117 Å². The Morgan fingerprint density at radius 2 is 1.88 bits per heavy atom. The number of aryl methyl sites for hydroxylation is 2. The van der Waals surface area contributed by atoms with Crippen molar-refractivity contribution in [3.8, 4) is 0 Å². The van der Waals surface area contributed by atoms with Gasteiger partial charge in [-0.25, -0.2) is 14.8 Å². The Kier molecular flexibility index (Phi) is 5.41. The van der Waals surface area contributed by atoms with Crippen molar-refractivity contribution >= 4 is 34.2 Å². The van der Waals surface area contributed by atoms with E-state index in [1.165, 1.54) is 10.8 Å². The minimum atomic E-state index is -0.496. The molecule has 0 amide bonds. The number of nitrogens with two attached hydrogens (primary N) is 1. The van der Waals surface area contributed by atoms with Crippen molar-refractivity contribution in [2.24, 2.45) is 12.8 Å². The van der Waals surface area contributed by atoms with E-state index in [0.717, 1.165) is 21.2 Å². The number of anilines is 1. The van der Waals surface area contributed by atoms with Gasteiger partial charge in [-0.1, -0.05) is 24.8 Å². The zero-order valence-electron chi connectivity index (χ0n) is 19.5. The van der Waals surface area contributed by atoms with Crippen LogP contribution in [-0.4, -0.2) is 47.8 Å². The third-order valence-electron chi connectivity index (χ3n) is 5.47. The van der Waals surface area contributed by atoms with Crippen LogP contribution in [0.15, 0.2) is 40.4 Å². The second kappa shape index (κ2) is 7.96. The Morgan fingerprint density at radius 1 is 1.18 bits per heavy atom. The van der Waals surface area contributed by atoms with E-state index in [1.807, 2.05) is 57.0 Å². The molecule has 0 bridgehead atoms. The number of para-hydroxylation sites is 1. The van der Waals surface area contributed by atoms with Crippen molar-refractivity contribution in [3.05, 3.63) is 63.2 Å². The van der Waals surface area contributed by atoms with Gasteiger partial charge in [-0.05, 0) is 26.8 Å². The summed E-state index contributed by atoms with van der Waals surface area (Å²) in [6, 6.07) is 7.63. The monoisotopic (exact) mass is 448 g/mol. The van der Waals surface area contributed by atoms with Crippen LogP contribution < -0.4 is 21.9 Å². The van der Waals surface area contributed by atoms with E-state index in [1.54, 1.807) is 11.6 Å². The smallest absolute Gasteiger partial charge is 0.332 e. The van der Waals surface area contributed by atoms with E-state index in [-0.39, 0.29) is 17.7 Å². The van der Waals surface area contributed by atoms with Crippen molar-refractivity contribution < 1.29 is 0 Å². The van der Waals surface area contributed by atoms with E-state index in [4.69, 9.17) is 5.73 Å². The van der Waals surface area contributed by atoms with Crippen molar-refractivity contribution in [2.75, 3.05) is 18.5 Å². The molecule has 0 aliphatic rings. The molecule has 0 fully saturated rings. The zero-order chi connectivity index (χ0) is 24.1. The van der Waals surface area contributed by atoms with Gasteiger partial charge in [-0.15, -0.1) is 0 Å². The van der Waals surface area contributed by atoms with Crippen molar-refractivity contribution in [1.29, 1.82) is 0 Å². The van der Waals surface area contributed by atoms with Gasteiger partial charge in [0.1, 0.15) is 5.82 Å². The van der Waals surface area contributed by atoms with Crippen LogP contribution in [-0.2, 0) is 13.6 Å². The highest BCUT2D eigenvalue weighted by atomic mass is 16.2. The van der Waals surface area contributed by atoms with Gasteiger partial charge in [0, 0.05) is 43.5 Å². The van der Waals surface area contributed by atoms with Crippen LogP contribution in [0.1, 0.15) is 25.4 Å². The molecule has 1 aromatic carbocycles. The Balaban J connectivity index is 1.90. The molecular weight excluding hydrogens is 420 g/mol. The number of aromatic nitrogens is 6. The maximum absolute atomic E-state index is 13.5. The number of likely N-dealkylation sites (N-methyl/N-ethyl adjacent to an activating group) is 1. The third-order valence-corrected chi connectivity index (χ3v) is 5.47. The fourth-order valence-corrected chi connectivity index (χ4v) is 4.10. The molecule has 4 rings (SSSR count). The lowest BCUT2D eigenvalue weighted by Crippen LogP contribution is -2.44. The predicted molar refractivity (Wildman–Crippen MR) is 131 cm³/mol. The number of hydrogen-bond donors (Lipinski definition) is 1. The molecule has 0 spiro atoms. The number of rotatable bonds is 6. The first-order chi connectivity index (χ1) is 15.5. The predicted octanol–water partition coefficient (Wildman–Crippen LogP) is 1.47. The summed E-state index contributed by atoms with van der Waals surface area (Å²) in [6.45, 7) is 9.96. The summed E-state index contributed by atoms with van der Waals surface area (Å²) in [7, 11) is 3.42. The van der Waals surface area contributed by atoms with Crippen LogP contribution in [0.5, 0.6) is 0 Å². The van der Waals surface area contributed by atoms with Crippen LogP contribution in [0, 0.1) is 6.92 Å². The van der Waals surface area contributed by atoms with Crippen molar-refractivity contribution in [1.82, 2.24) is 28.7 Å². The second-order valence-electron chi connectivity index (χ2n) is 8.96. The van der Waals surface area contributed by atoms with Gasteiger partial charge in [0.25, 0.3) is 5.56 Å². The molecule has 0 radical (unpaired) electrons. The molecule has 3 aromatic heterocycles. The van der Waals surface area contributed by atoms with E-state index >= 15 is 0 Å². The molecule has 33 heavy (non-hydrogen) atoms. The van der Waals surface area contributed by atoms with Crippen LogP contribution in [0.25, 0.3) is 28.3 Å². The lowest BCUT2D eigenvalue weighted by molar-refractivity contribution is 0.515. The normalized spacial score (nSPS) is 11.9. The molecule has 172 valence electrons. The van der Waals surface area contributed by atoms with Crippen molar-refractivity contribution in [2.45, 2.75) is 32.9 Å². The molecule has 0 aliphatic heterocycles. The maximum atomic E-state index is 13.5. The maximum Gasteiger partial charge on any atom is 0.332 e. The first-order valence-electron chi connectivity index (χ1n) is 10.6. The molecule has 3 heterocycles. The minimum Gasteiger partial charge on any atom is -0.343 e. The minimum absolute atomic E-state index is 0.0591. The Hall–Kier alpha value is -3.79. The third kappa shape index (κ3) is 3.93. The number of fused-ring (bicyclic) bond motifs is 2. The molecule has 2 N–H and O–H groups in total. The zero-order valence-corrected chi connectivity index (χ0v) is 19.5. The van der Waals surface area contributed by atoms with Gasteiger partial charge in [0.15, 0.2) is 11.2 Å². The number of benzene rings is 1. The molecule has 0 unspecified atom stereocenters. The number of nitrogens with zero attached hydrogens (tertiary/aromatic N) is 7. The summed E-state index contributed by atoms with van der Waals surface area (Å²) in [5, 5.41) is 0.928. The summed E-state index contributed by atoms with van der Waals surface area (Å²) in [4.78, 5) is 42.1. The molecule has 0 saturated heterocycles. The summed E-state index contributed by atoms with van der Waals surface area (Å²) in [6.07, 6.45) is 1.51.